The first-order chi connectivity index (χ1) is 14.0. The summed E-state index contributed by atoms with van der Waals surface area (Å²) in [4.78, 5) is 16.4. The molecule has 1 aromatic carbocycles. The van der Waals surface area contributed by atoms with Gasteiger partial charge in [-0.1, -0.05) is 6.07 Å². The highest BCUT2D eigenvalue weighted by Gasteiger charge is 2.26. The zero-order valence-electron chi connectivity index (χ0n) is 16.0. The lowest BCUT2D eigenvalue weighted by molar-refractivity contribution is 0.0866. The number of anilines is 1. The number of phenols is 1. The Morgan fingerprint density at radius 1 is 1.31 bits per heavy atom. The minimum Gasteiger partial charge on any atom is -0.508 e. The van der Waals surface area contributed by atoms with Crippen LogP contribution in [0.15, 0.2) is 30.5 Å². The number of aromatic hydroxyl groups is 1. The fourth-order valence-corrected chi connectivity index (χ4v) is 3.69. The molecule has 0 spiro atoms. The van der Waals surface area contributed by atoms with Gasteiger partial charge in [0.15, 0.2) is 5.82 Å². The minimum absolute atomic E-state index is 0.00291. The van der Waals surface area contributed by atoms with Gasteiger partial charge in [0.25, 0.3) is 5.91 Å². The Bertz CT molecular complexity index is 903. The first-order valence-corrected chi connectivity index (χ1v) is 9.92. The Morgan fingerprint density at radius 3 is 2.90 bits per heavy atom. The molecular weight excluding hydrogens is 375 g/mol. The van der Waals surface area contributed by atoms with E-state index in [0.717, 1.165) is 36.6 Å². The summed E-state index contributed by atoms with van der Waals surface area (Å²) in [7, 11) is 0. The third kappa shape index (κ3) is 4.49. The predicted octanol–water partition coefficient (Wildman–Crippen LogP) is 1.70. The quantitative estimate of drug-likeness (QED) is 0.505. The molecule has 8 heteroatoms. The van der Waals surface area contributed by atoms with Crippen molar-refractivity contribution in [3.8, 4) is 5.75 Å². The van der Waals surface area contributed by atoms with Crippen LogP contribution in [0.1, 0.15) is 40.7 Å². The molecule has 0 radical (unpaired) electrons. The molecule has 1 aromatic heterocycles. The molecule has 2 aliphatic rings. The average Bonchev–Trinajstić information content (AvgIpc) is 2.69. The van der Waals surface area contributed by atoms with E-state index in [4.69, 9.17) is 0 Å². The number of benzene rings is 1. The largest absolute Gasteiger partial charge is 0.508 e. The molecule has 2 aromatic rings. The summed E-state index contributed by atoms with van der Waals surface area (Å²) in [5, 5.41) is 29.1. The van der Waals surface area contributed by atoms with Gasteiger partial charge in [-0.3, -0.25) is 4.79 Å². The van der Waals surface area contributed by atoms with Gasteiger partial charge in [-0.25, -0.2) is 9.37 Å². The highest BCUT2D eigenvalue weighted by Crippen LogP contribution is 2.24. The van der Waals surface area contributed by atoms with Gasteiger partial charge in [-0.2, -0.15) is 0 Å². The number of phenolic OH excluding ortho intramolecular Hbond substituents is 1. The fraction of sp³-hybridized carbons (Fsp3) is 0.429. The number of halogens is 1. The highest BCUT2D eigenvalue weighted by molar-refractivity contribution is 5.95. The number of aliphatic hydroxyl groups excluding tert-OH is 1. The molecule has 1 aliphatic heterocycles. The second-order valence-corrected chi connectivity index (χ2v) is 7.74. The van der Waals surface area contributed by atoms with Crippen molar-refractivity contribution in [2.75, 3.05) is 11.9 Å². The number of aromatic nitrogens is 1. The Morgan fingerprint density at radius 2 is 2.14 bits per heavy atom. The summed E-state index contributed by atoms with van der Waals surface area (Å²) in [5.41, 5.74) is 1.94. The third-order valence-electron chi connectivity index (χ3n) is 5.68. The number of nitrogens with zero attached hydrogens (tertiary/aromatic N) is 1. The summed E-state index contributed by atoms with van der Waals surface area (Å²) in [6.45, 7) is 0.519. The van der Waals surface area contributed by atoms with Gasteiger partial charge < -0.3 is 26.2 Å². The molecule has 2 atom stereocenters. The molecule has 5 N–H and O–H groups in total. The molecule has 154 valence electrons. The van der Waals surface area contributed by atoms with Gasteiger partial charge >= 0.3 is 0 Å². The number of carbonyl (C=O) groups is 1. The zero-order chi connectivity index (χ0) is 20.4. The number of fused-ring (bicyclic) bond motifs is 1. The third-order valence-corrected chi connectivity index (χ3v) is 5.68. The number of amides is 1. The normalized spacial score (nSPS) is 19.7. The van der Waals surface area contributed by atoms with E-state index in [1.807, 2.05) is 6.07 Å². The molecule has 2 heterocycles. The van der Waals surface area contributed by atoms with Crippen molar-refractivity contribution in [3.05, 3.63) is 53.0 Å². The van der Waals surface area contributed by atoms with E-state index in [2.05, 4.69) is 20.9 Å². The van der Waals surface area contributed by atoms with Crippen molar-refractivity contribution in [1.82, 2.24) is 15.6 Å². The monoisotopic (exact) mass is 400 g/mol. The van der Waals surface area contributed by atoms with Crippen molar-refractivity contribution in [2.24, 2.45) is 0 Å². The molecule has 1 fully saturated rings. The molecular formula is C21H25FN4O3. The van der Waals surface area contributed by atoms with Crippen LogP contribution in [-0.2, 0) is 13.0 Å². The van der Waals surface area contributed by atoms with E-state index in [-0.39, 0.29) is 23.9 Å². The topological polar surface area (TPSA) is 107 Å². The molecule has 4 rings (SSSR count). The van der Waals surface area contributed by atoms with Crippen molar-refractivity contribution >= 4 is 11.7 Å². The molecule has 7 nitrogen and oxygen atoms in total. The number of aliphatic hydroxyl groups is 1. The van der Waals surface area contributed by atoms with Gasteiger partial charge in [-0.05, 0) is 55.0 Å². The molecule has 0 saturated heterocycles. The molecule has 1 aliphatic carbocycles. The number of carbonyl (C=O) groups excluding carboxylic acids is 1. The Labute approximate surface area is 168 Å². The van der Waals surface area contributed by atoms with E-state index in [1.54, 1.807) is 12.1 Å². The van der Waals surface area contributed by atoms with E-state index < -0.39 is 17.8 Å². The van der Waals surface area contributed by atoms with E-state index in [1.165, 1.54) is 6.07 Å². The van der Waals surface area contributed by atoms with Crippen LogP contribution >= 0.6 is 0 Å². The first kappa shape index (κ1) is 19.6. The van der Waals surface area contributed by atoms with Crippen LogP contribution in [0.25, 0.3) is 0 Å². The van der Waals surface area contributed by atoms with Crippen molar-refractivity contribution in [3.63, 3.8) is 0 Å². The van der Waals surface area contributed by atoms with Crippen molar-refractivity contribution in [1.29, 1.82) is 0 Å². The zero-order valence-corrected chi connectivity index (χ0v) is 16.0. The summed E-state index contributed by atoms with van der Waals surface area (Å²) in [6.07, 6.45) is 4.03. The molecule has 1 saturated carbocycles. The maximum Gasteiger partial charge on any atom is 0.254 e. The maximum atomic E-state index is 14.1. The molecule has 0 bridgehead atoms. The second kappa shape index (κ2) is 8.34. The van der Waals surface area contributed by atoms with E-state index >= 15 is 0 Å². The highest BCUT2D eigenvalue weighted by atomic mass is 19.1. The molecule has 1 amide bonds. The van der Waals surface area contributed by atoms with Crippen molar-refractivity contribution < 1.29 is 19.4 Å². The second-order valence-electron chi connectivity index (χ2n) is 7.74. The summed E-state index contributed by atoms with van der Waals surface area (Å²) < 4.78 is 14.1. The number of nitrogens with one attached hydrogen (secondary N) is 3. The van der Waals surface area contributed by atoms with Crippen LogP contribution in [0.4, 0.5) is 10.2 Å². The van der Waals surface area contributed by atoms with Crippen LogP contribution in [0.5, 0.6) is 5.75 Å². The van der Waals surface area contributed by atoms with Crippen LogP contribution < -0.4 is 16.0 Å². The standard InChI is InChI=1S/C21H25FN4O3/c22-17-10-24-20(26-14-2-1-3-14)8-16(17)21(29)25-11-19(28)18-7-12-4-5-15(27)6-13(12)9-23-18/h4-6,8,10,14,18-19,23,27-28H,1-3,7,9,11H2,(H,24,26)(H,25,29)/t18-,19+/m0/s1. The van der Waals surface area contributed by atoms with Gasteiger partial charge in [0.05, 0.1) is 17.9 Å². The lowest BCUT2D eigenvalue weighted by Crippen LogP contribution is -2.49. The molecule has 0 unspecified atom stereocenters. The number of pyridine rings is 1. The van der Waals surface area contributed by atoms with Crippen LogP contribution in [0, 0.1) is 5.82 Å². The van der Waals surface area contributed by atoms with E-state index in [9.17, 15) is 19.4 Å². The predicted molar refractivity (Wildman–Crippen MR) is 106 cm³/mol. The van der Waals surface area contributed by atoms with Crippen LogP contribution in [0.3, 0.4) is 0 Å². The Kier molecular flexibility index (Phi) is 5.64. The number of hydrogen-bond acceptors (Lipinski definition) is 6. The average molecular weight is 400 g/mol. The van der Waals surface area contributed by atoms with Gasteiger partial charge in [0, 0.05) is 25.2 Å². The lowest BCUT2D eigenvalue weighted by Gasteiger charge is -2.30. The van der Waals surface area contributed by atoms with Gasteiger partial charge in [0.1, 0.15) is 11.6 Å². The summed E-state index contributed by atoms with van der Waals surface area (Å²) in [5.74, 6) is -0.583. The van der Waals surface area contributed by atoms with Crippen LogP contribution in [0.2, 0.25) is 0 Å². The Balaban J connectivity index is 1.34. The SMILES string of the molecule is O=C(NC[C@@H](O)[C@@H]1Cc2ccc(O)cc2CN1)c1cc(NC2CCC2)ncc1F. The van der Waals surface area contributed by atoms with Gasteiger partial charge in [0.2, 0.25) is 0 Å². The van der Waals surface area contributed by atoms with E-state index in [0.29, 0.717) is 24.8 Å². The number of hydrogen-bond donors (Lipinski definition) is 5. The number of rotatable bonds is 6. The van der Waals surface area contributed by atoms with Crippen LogP contribution in [-0.4, -0.2) is 45.8 Å². The van der Waals surface area contributed by atoms with Crippen molar-refractivity contribution in [2.45, 2.75) is 50.4 Å². The fourth-order valence-electron chi connectivity index (χ4n) is 3.69. The molecule has 29 heavy (non-hydrogen) atoms. The Hall–Kier alpha value is -2.71. The first-order valence-electron chi connectivity index (χ1n) is 9.92. The minimum atomic E-state index is -0.835. The maximum absolute atomic E-state index is 14.1. The summed E-state index contributed by atoms with van der Waals surface area (Å²) in [6, 6.07) is 6.66. The lowest BCUT2D eigenvalue weighted by atomic mass is 9.92. The smallest absolute Gasteiger partial charge is 0.254 e. The van der Waals surface area contributed by atoms with Gasteiger partial charge in [-0.15, -0.1) is 0 Å². The summed E-state index contributed by atoms with van der Waals surface area (Å²) >= 11 is 0.